The van der Waals surface area contributed by atoms with E-state index in [9.17, 15) is 9.59 Å². The van der Waals surface area contributed by atoms with Gasteiger partial charge < -0.3 is 14.7 Å². The van der Waals surface area contributed by atoms with Crippen LogP contribution in [0.1, 0.15) is 10.5 Å². The summed E-state index contributed by atoms with van der Waals surface area (Å²) >= 11 is 0. The fraction of sp³-hybridized carbons (Fsp3) is 0.412. The van der Waals surface area contributed by atoms with Crippen molar-refractivity contribution in [2.24, 2.45) is 0 Å². The maximum atomic E-state index is 12.5. The Balaban J connectivity index is 1.66. The minimum Gasteiger partial charge on any atom is -0.334 e. The van der Waals surface area contributed by atoms with Crippen LogP contribution in [0.4, 0.5) is 0 Å². The minimum atomic E-state index is -0.290. The molecule has 24 heavy (non-hydrogen) atoms. The highest BCUT2D eigenvalue weighted by atomic mass is 16.2. The van der Waals surface area contributed by atoms with Crippen LogP contribution in [0.15, 0.2) is 30.5 Å². The van der Waals surface area contributed by atoms with E-state index in [2.05, 4.69) is 17.0 Å². The largest absolute Gasteiger partial charge is 0.334 e. The molecule has 1 aromatic carbocycles. The average Bonchev–Trinajstić information content (AvgIpc) is 2.61. The van der Waals surface area contributed by atoms with E-state index in [4.69, 9.17) is 0 Å². The van der Waals surface area contributed by atoms with E-state index in [0.29, 0.717) is 5.52 Å². The van der Waals surface area contributed by atoms with Gasteiger partial charge in [0, 0.05) is 7.05 Å². The predicted octanol–water partition coefficient (Wildman–Crippen LogP) is -0.941. The lowest BCUT2D eigenvalue weighted by Crippen LogP contribution is -3.12. The smallest absolute Gasteiger partial charge is 0.274 e. The van der Waals surface area contributed by atoms with Gasteiger partial charge in [0.1, 0.15) is 5.69 Å². The van der Waals surface area contributed by atoms with Crippen LogP contribution in [0.2, 0.25) is 0 Å². The van der Waals surface area contributed by atoms with Crippen LogP contribution in [0.5, 0.6) is 0 Å². The molecule has 3 rings (SSSR count). The lowest BCUT2D eigenvalue weighted by atomic mass is 10.3. The number of para-hydroxylation sites is 2. The molecule has 0 radical (unpaired) electrons. The molecule has 2 aromatic rings. The zero-order chi connectivity index (χ0) is 17.1. The summed E-state index contributed by atoms with van der Waals surface area (Å²) in [6.45, 7) is 3.43. The minimum absolute atomic E-state index is 0.0212. The molecule has 7 nitrogen and oxygen atoms in total. The summed E-state index contributed by atoms with van der Waals surface area (Å²) in [6.07, 6.45) is 1.46. The first-order valence-corrected chi connectivity index (χ1v) is 8.11. The predicted molar refractivity (Wildman–Crippen MR) is 89.7 cm³/mol. The molecule has 0 bridgehead atoms. The Morgan fingerprint density at radius 3 is 2.58 bits per heavy atom. The number of hydrogen-bond acceptors (Lipinski definition) is 4. The van der Waals surface area contributed by atoms with Gasteiger partial charge in [0.25, 0.3) is 5.91 Å². The summed E-state index contributed by atoms with van der Waals surface area (Å²) in [5.41, 5.74) is 1.67. The third kappa shape index (κ3) is 3.51. The van der Waals surface area contributed by atoms with E-state index in [0.717, 1.165) is 31.7 Å². The van der Waals surface area contributed by atoms with Crippen molar-refractivity contribution >= 4 is 22.8 Å². The van der Waals surface area contributed by atoms with Crippen molar-refractivity contribution in [2.75, 3.05) is 46.8 Å². The normalized spacial score (nSPS) is 15.5. The van der Waals surface area contributed by atoms with Gasteiger partial charge in [-0.05, 0) is 12.1 Å². The molecule has 1 N–H and O–H groups in total. The lowest BCUT2D eigenvalue weighted by molar-refractivity contribution is -0.883. The van der Waals surface area contributed by atoms with Gasteiger partial charge in [-0.25, -0.2) is 4.98 Å². The Morgan fingerprint density at radius 2 is 1.88 bits per heavy atom. The van der Waals surface area contributed by atoms with Crippen molar-refractivity contribution in [3.63, 3.8) is 0 Å². The number of benzene rings is 1. The second kappa shape index (κ2) is 6.92. The topological polar surface area (TPSA) is 70.8 Å². The van der Waals surface area contributed by atoms with Crippen LogP contribution in [0, 0.1) is 0 Å². The molecule has 7 heteroatoms. The fourth-order valence-electron chi connectivity index (χ4n) is 2.77. The molecular formula is C17H22N5O2+. The standard InChI is InChI=1S/C17H21N5O2/c1-20-7-9-22(10-8-20)16(23)12-21(2)17(24)15-11-18-13-5-3-4-6-14(13)19-15/h3-6,11H,7-10,12H2,1-2H3/p+1. The van der Waals surface area contributed by atoms with Crippen LogP contribution in [0.25, 0.3) is 11.0 Å². The fourth-order valence-corrected chi connectivity index (χ4v) is 2.77. The molecule has 2 heterocycles. The highest BCUT2D eigenvalue weighted by molar-refractivity contribution is 5.95. The molecular weight excluding hydrogens is 306 g/mol. The molecule has 1 aliphatic heterocycles. The first-order chi connectivity index (χ1) is 11.5. The summed E-state index contributed by atoms with van der Waals surface area (Å²) in [6, 6.07) is 7.39. The van der Waals surface area contributed by atoms with E-state index in [1.807, 2.05) is 29.2 Å². The quantitative estimate of drug-likeness (QED) is 0.789. The van der Waals surface area contributed by atoms with Gasteiger partial charge in [-0.3, -0.25) is 14.6 Å². The Bertz CT molecular complexity index is 755. The monoisotopic (exact) mass is 328 g/mol. The Labute approximate surface area is 140 Å². The second-order valence-electron chi connectivity index (χ2n) is 6.24. The first-order valence-electron chi connectivity index (χ1n) is 8.11. The third-order valence-electron chi connectivity index (χ3n) is 4.36. The number of rotatable bonds is 3. The average molecular weight is 328 g/mol. The van der Waals surface area contributed by atoms with Gasteiger partial charge >= 0.3 is 0 Å². The van der Waals surface area contributed by atoms with Crippen molar-refractivity contribution in [2.45, 2.75) is 0 Å². The number of quaternary nitrogens is 1. The zero-order valence-corrected chi connectivity index (χ0v) is 14.0. The van der Waals surface area contributed by atoms with Crippen LogP contribution in [-0.2, 0) is 4.79 Å². The number of aromatic nitrogens is 2. The summed E-state index contributed by atoms with van der Waals surface area (Å²) in [5.74, 6) is -0.312. The van der Waals surface area contributed by atoms with Gasteiger partial charge in [0.2, 0.25) is 5.91 Å². The molecule has 1 aromatic heterocycles. The van der Waals surface area contributed by atoms with E-state index in [1.54, 1.807) is 7.05 Å². The first kappa shape index (κ1) is 16.3. The van der Waals surface area contributed by atoms with Gasteiger partial charge in [0.05, 0.1) is 57.0 Å². The molecule has 1 saturated heterocycles. The number of likely N-dealkylation sites (N-methyl/N-ethyl adjacent to an activating group) is 2. The molecule has 1 fully saturated rings. The van der Waals surface area contributed by atoms with Crippen LogP contribution >= 0.6 is 0 Å². The second-order valence-corrected chi connectivity index (χ2v) is 6.24. The van der Waals surface area contributed by atoms with Gasteiger partial charge in [-0.15, -0.1) is 0 Å². The Kier molecular flexibility index (Phi) is 4.71. The van der Waals surface area contributed by atoms with Crippen molar-refractivity contribution in [3.8, 4) is 0 Å². The van der Waals surface area contributed by atoms with Crippen LogP contribution in [-0.4, -0.2) is 78.4 Å². The van der Waals surface area contributed by atoms with Crippen molar-refractivity contribution in [1.29, 1.82) is 0 Å². The van der Waals surface area contributed by atoms with Crippen molar-refractivity contribution < 1.29 is 14.5 Å². The molecule has 0 aliphatic carbocycles. The summed E-state index contributed by atoms with van der Waals surface area (Å²) < 4.78 is 0. The number of carbonyl (C=O) groups is 2. The number of nitrogens with one attached hydrogen (secondary N) is 1. The number of piperazine rings is 1. The van der Waals surface area contributed by atoms with Gasteiger partial charge in [-0.2, -0.15) is 0 Å². The molecule has 2 amide bonds. The van der Waals surface area contributed by atoms with E-state index >= 15 is 0 Å². The van der Waals surface area contributed by atoms with Crippen molar-refractivity contribution in [3.05, 3.63) is 36.2 Å². The maximum absolute atomic E-state index is 12.5. The van der Waals surface area contributed by atoms with Crippen LogP contribution < -0.4 is 4.90 Å². The third-order valence-corrected chi connectivity index (χ3v) is 4.36. The van der Waals surface area contributed by atoms with Crippen molar-refractivity contribution in [1.82, 2.24) is 19.8 Å². The lowest BCUT2D eigenvalue weighted by Gasteiger charge is -2.31. The summed E-state index contributed by atoms with van der Waals surface area (Å²) in [7, 11) is 3.74. The van der Waals surface area contributed by atoms with Crippen LogP contribution in [0.3, 0.4) is 0 Å². The molecule has 126 valence electrons. The Hall–Kier alpha value is -2.54. The highest BCUT2D eigenvalue weighted by Crippen LogP contribution is 2.09. The molecule has 0 unspecified atom stereocenters. The molecule has 1 aliphatic rings. The van der Waals surface area contributed by atoms with Gasteiger partial charge in [0.15, 0.2) is 0 Å². The van der Waals surface area contributed by atoms with Gasteiger partial charge in [-0.1, -0.05) is 12.1 Å². The molecule has 0 atom stereocenters. The SMILES string of the molecule is CN(CC(=O)N1CC[NH+](C)CC1)C(=O)c1cnc2ccccc2n1. The number of nitrogens with zero attached hydrogens (tertiary/aromatic N) is 4. The number of amides is 2. The zero-order valence-electron chi connectivity index (χ0n) is 14.0. The molecule has 0 saturated carbocycles. The number of fused-ring (bicyclic) bond motifs is 1. The molecule has 0 spiro atoms. The maximum Gasteiger partial charge on any atom is 0.274 e. The summed E-state index contributed by atoms with van der Waals surface area (Å²) in [4.78, 5) is 38.1. The number of carbonyl (C=O) groups excluding carboxylic acids is 2. The number of hydrogen-bond donors (Lipinski definition) is 1. The summed E-state index contributed by atoms with van der Waals surface area (Å²) in [5, 5.41) is 0. The van der Waals surface area contributed by atoms with E-state index in [-0.39, 0.29) is 24.1 Å². The highest BCUT2D eigenvalue weighted by Gasteiger charge is 2.24. The Morgan fingerprint density at radius 1 is 1.21 bits per heavy atom. The van der Waals surface area contributed by atoms with E-state index in [1.165, 1.54) is 16.0 Å². The van der Waals surface area contributed by atoms with E-state index < -0.39 is 0 Å².